The summed E-state index contributed by atoms with van der Waals surface area (Å²) in [7, 11) is -2.23. The van der Waals surface area contributed by atoms with Gasteiger partial charge in [0.1, 0.15) is 10.8 Å². The Morgan fingerprint density at radius 2 is 2.03 bits per heavy atom. The standard InChI is InChI=1S/C20H21N3O5S2/c1-14(23-30(25,26)19-6-4-10-29-19)20(24)22-16-7-8-17(27-2)18(11-16)28-13-15-5-3-9-21-12-15/h3-12,14,23H,13H2,1-2H3,(H,22,24). The number of thiophene rings is 1. The summed E-state index contributed by atoms with van der Waals surface area (Å²) in [5.74, 6) is 0.438. The molecule has 0 radical (unpaired) electrons. The van der Waals surface area contributed by atoms with Crippen molar-refractivity contribution in [1.29, 1.82) is 0 Å². The van der Waals surface area contributed by atoms with E-state index >= 15 is 0 Å². The largest absolute Gasteiger partial charge is 0.493 e. The fourth-order valence-corrected chi connectivity index (χ4v) is 4.74. The molecule has 3 aromatic rings. The van der Waals surface area contributed by atoms with E-state index in [0.717, 1.165) is 16.9 Å². The van der Waals surface area contributed by atoms with E-state index in [0.29, 0.717) is 17.2 Å². The minimum absolute atomic E-state index is 0.151. The van der Waals surface area contributed by atoms with Crippen LogP contribution in [0.3, 0.4) is 0 Å². The molecule has 1 aromatic carbocycles. The van der Waals surface area contributed by atoms with Crippen LogP contribution >= 0.6 is 11.3 Å². The Kier molecular flexibility index (Phi) is 7.03. The van der Waals surface area contributed by atoms with Gasteiger partial charge in [0.15, 0.2) is 11.5 Å². The summed E-state index contributed by atoms with van der Waals surface area (Å²) in [5, 5.41) is 4.35. The average molecular weight is 448 g/mol. The summed E-state index contributed by atoms with van der Waals surface area (Å²) < 4.78 is 38.2. The van der Waals surface area contributed by atoms with Gasteiger partial charge in [-0.3, -0.25) is 9.78 Å². The number of hydrogen-bond donors (Lipinski definition) is 2. The van der Waals surface area contributed by atoms with Gasteiger partial charge < -0.3 is 14.8 Å². The third kappa shape index (κ3) is 5.56. The number of ether oxygens (including phenoxy) is 2. The molecule has 2 aromatic heterocycles. The predicted molar refractivity (Wildman–Crippen MR) is 114 cm³/mol. The molecule has 0 bridgehead atoms. The molecule has 8 nitrogen and oxygen atoms in total. The Hall–Kier alpha value is -2.95. The molecule has 0 aliphatic rings. The third-order valence-corrected chi connectivity index (χ3v) is 6.97. The van der Waals surface area contributed by atoms with Crippen molar-refractivity contribution in [3.05, 3.63) is 65.8 Å². The number of amides is 1. The van der Waals surface area contributed by atoms with Crippen molar-refractivity contribution in [2.24, 2.45) is 0 Å². The molecular formula is C20H21N3O5S2. The van der Waals surface area contributed by atoms with Crippen molar-refractivity contribution >= 4 is 33.0 Å². The maximum absolute atomic E-state index is 12.5. The Morgan fingerprint density at radius 3 is 2.70 bits per heavy atom. The van der Waals surface area contributed by atoms with Gasteiger partial charge in [0.05, 0.1) is 13.2 Å². The highest BCUT2D eigenvalue weighted by atomic mass is 32.2. The van der Waals surface area contributed by atoms with Gasteiger partial charge >= 0.3 is 0 Å². The Labute approximate surface area is 178 Å². The van der Waals surface area contributed by atoms with Gasteiger partial charge in [-0.25, -0.2) is 8.42 Å². The van der Waals surface area contributed by atoms with Gasteiger partial charge in [0.25, 0.3) is 10.0 Å². The topological polar surface area (TPSA) is 107 Å². The molecule has 0 fully saturated rings. The molecule has 0 saturated carbocycles. The zero-order chi connectivity index (χ0) is 21.6. The predicted octanol–water partition coefficient (Wildman–Crippen LogP) is 3.04. The Bertz CT molecular complexity index is 1090. The molecule has 0 saturated heterocycles. The number of carbonyl (C=O) groups excluding carboxylic acids is 1. The van der Waals surface area contributed by atoms with E-state index in [1.807, 2.05) is 12.1 Å². The maximum Gasteiger partial charge on any atom is 0.250 e. The van der Waals surface area contributed by atoms with Crippen LogP contribution in [-0.4, -0.2) is 32.5 Å². The smallest absolute Gasteiger partial charge is 0.250 e. The first-order valence-electron chi connectivity index (χ1n) is 8.95. The number of sulfonamides is 1. The quantitative estimate of drug-likeness (QED) is 0.522. The molecule has 0 spiro atoms. The lowest BCUT2D eigenvalue weighted by molar-refractivity contribution is -0.117. The first-order chi connectivity index (χ1) is 14.4. The third-order valence-electron chi connectivity index (χ3n) is 4.03. The minimum Gasteiger partial charge on any atom is -0.493 e. The molecule has 0 aliphatic heterocycles. The van der Waals surface area contributed by atoms with Crippen LogP contribution in [0.25, 0.3) is 0 Å². The molecule has 3 rings (SSSR count). The number of nitrogens with one attached hydrogen (secondary N) is 2. The first kappa shape index (κ1) is 21.8. The van der Waals surface area contributed by atoms with Crippen LogP contribution in [0.2, 0.25) is 0 Å². The van der Waals surface area contributed by atoms with Crippen molar-refractivity contribution in [3.8, 4) is 11.5 Å². The highest BCUT2D eigenvalue weighted by molar-refractivity contribution is 7.91. The average Bonchev–Trinajstić information content (AvgIpc) is 3.29. The van der Waals surface area contributed by atoms with Crippen LogP contribution in [0.5, 0.6) is 11.5 Å². The van der Waals surface area contributed by atoms with Gasteiger partial charge in [0, 0.05) is 29.7 Å². The van der Waals surface area contributed by atoms with Gasteiger partial charge in [-0.1, -0.05) is 12.1 Å². The number of benzene rings is 1. The van der Waals surface area contributed by atoms with E-state index in [1.54, 1.807) is 42.0 Å². The number of aromatic nitrogens is 1. The lowest BCUT2D eigenvalue weighted by Crippen LogP contribution is -2.41. The number of nitrogens with zero attached hydrogens (tertiary/aromatic N) is 1. The second-order valence-electron chi connectivity index (χ2n) is 6.28. The second kappa shape index (κ2) is 9.70. The number of rotatable bonds is 9. The van der Waals surface area contributed by atoms with Gasteiger partial charge in [-0.05, 0) is 36.6 Å². The molecule has 10 heteroatoms. The highest BCUT2D eigenvalue weighted by Crippen LogP contribution is 2.31. The van der Waals surface area contributed by atoms with Gasteiger partial charge in [-0.15, -0.1) is 11.3 Å². The van der Waals surface area contributed by atoms with Crippen LogP contribution < -0.4 is 19.5 Å². The fourth-order valence-electron chi connectivity index (χ4n) is 2.52. The maximum atomic E-state index is 12.5. The highest BCUT2D eigenvalue weighted by Gasteiger charge is 2.23. The molecule has 2 N–H and O–H groups in total. The molecule has 0 aliphatic carbocycles. The molecule has 1 atom stereocenters. The van der Waals surface area contributed by atoms with Gasteiger partial charge in [0.2, 0.25) is 5.91 Å². The zero-order valence-corrected chi connectivity index (χ0v) is 18.0. The van der Waals surface area contributed by atoms with Crippen molar-refractivity contribution in [2.45, 2.75) is 23.8 Å². The summed E-state index contributed by atoms with van der Waals surface area (Å²) in [6.07, 6.45) is 3.37. The zero-order valence-electron chi connectivity index (χ0n) is 16.4. The second-order valence-corrected chi connectivity index (χ2v) is 9.17. The van der Waals surface area contributed by atoms with E-state index in [9.17, 15) is 13.2 Å². The summed E-state index contributed by atoms with van der Waals surface area (Å²) in [6, 6.07) is 10.8. The van der Waals surface area contributed by atoms with Crippen LogP contribution in [0.15, 0.2) is 64.4 Å². The Morgan fingerprint density at radius 1 is 1.20 bits per heavy atom. The molecule has 30 heavy (non-hydrogen) atoms. The van der Waals surface area contributed by atoms with Gasteiger partial charge in [-0.2, -0.15) is 4.72 Å². The van der Waals surface area contributed by atoms with Crippen LogP contribution in [0.1, 0.15) is 12.5 Å². The fraction of sp³-hybridized carbons (Fsp3) is 0.200. The van der Waals surface area contributed by atoms with Crippen molar-refractivity contribution < 1.29 is 22.7 Å². The van der Waals surface area contributed by atoms with E-state index < -0.39 is 22.0 Å². The normalized spacial score (nSPS) is 12.2. The molecule has 158 valence electrons. The Balaban J connectivity index is 1.67. The number of methoxy groups -OCH3 is 1. The van der Waals surface area contributed by atoms with E-state index in [1.165, 1.54) is 20.1 Å². The molecule has 2 heterocycles. The SMILES string of the molecule is COc1ccc(NC(=O)C(C)NS(=O)(=O)c2cccs2)cc1OCc1cccnc1. The first-order valence-corrected chi connectivity index (χ1v) is 11.3. The van der Waals surface area contributed by atoms with E-state index in [-0.39, 0.29) is 10.8 Å². The lowest BCUT2D eigenvalue weighted by Gasteiger charge is -2.16. The summed E-state index contributed by atoms with van der Waals surface area (Å²) in [5.41, 5.74) is 1.33. The lowest BCUT2D eigenvalue weighted by atomic mass is 10.2. The van der Waals surface area contributed by atoms with Crippen LogP contribution in [0.4, 0.5) is 5.69 Å². The molecule has 1 unspecified atom stereocenters. The minimum atomic E-state index is -3.75. The number of pyridine rings is 1. The molecule has 1 amide bonds. The summed E-state index contributed by atoms with van der Waals surface area (Å²) in [4.78, 5) is 16.5. The summed E-state index contributed by atoms with van der Waals surface area (Å²) >= 11 is 1.08. The number of carbonyl (C=O) groups is 1. The summed E-state index contributed by atoms with van der Waals surface area (Å²) in [6.45, 7) is 1.75. The number of anilines is 1. The monoisotopic (exact) mass is 447 g/mol. The number of hydrogen-bond acceptors (Lipinski definition) is 7. The van der Waals surface area contributed by atoms with Crippen molar-refractivity contribution in [3.63, 3.8) is 0 Å². The van der Waals surface area contributed by atoms with E-state index in [2.05, 4.69) is 15.0 Å². The van der Waals surface area contributed by atoms with Crippen molar-refractivity contribution in [1.82, 2.24) is 9.71 Å². The van der Waals surface area contributed by atoms with Crippen LogP contribution in [-0.2, 0) is 21.4 Å². The molecular weight excluding hydrogens is 426 g/mol. The van der Waals surface area contributed by atoms with E-state index in [4.69, 9.17) is 9.47 Å². The van der Waals surface area contributed by atoms with Crippen molar-refractivity contribution in [2.75, 3.05) is 12.4 Å². The van der Waals surface area contributed by atoms with Crippen LogP contribution in [0, 0.1) is 0 Å².